The Kier molecular flexibility index (Phi) is 33.6. The van der Waals surface area contributed by atoms with Crippen molar-refractivity contribution in [2.24, 2.45) is 0 Å². The van der Waals surface area contributed by atoms with Crippen LogP contribution in [-0.4, -0.2) is 75.5 Å². The van der Waals surface area contributed by atoms with Crippen LogP contribution in [0.15, 0.2) is 72.9 Å². The molecule has 0 saturated heterocycles. The molecule has 53 heavy (non-hydrogen) atoms. The third-order valence-corrected chi connectivity index (χ3v) is 8.61. The summed E-state index contributed by atoms with van der Waals surface area (Å²) in [6, 6.07) is -0.733. The highest BCUT2D eigenvalue weighted by atomic mass is 16.6. The van der Waals surface area contributed by atoms with Gasteiger partial charge in [-0.2, -0.15) is 0 Å². The lowest BCUT2D eigenvalue weighted by atomic mass is 10.1. The average Bonchev–Trinajstić information content (AvgIpc) is 3.11. The number of allylic oxidation sites excluding steroid dienone is 12. The monoisotopic (exact) mass is 742 g/mol. The van der Waals surface area contributed by atoms with Gasteiger partial charge in [-0.05, 0) is 64.2 Å². The van der Waals surface area contributed by atoms with Crippen LogP contribution in [-0.2, 0) is 28.6 Å². The van der Waals surface area contributed by atoms with Crippen LogP contribution in [0.25, 0.3) is 0 Å². The van der Waals surface area contributed by atoms with Crippen molar-refractivity contribution in [3.8, 4) is 0 Å². The quantitative estimate of drug-likeness (QED) is 0.0276. The van der Waals surface area contributed by atoms with E-state index in [0.29, 0.717) is 12.8 Å². The van der Waals surface area contributed by atoms with Crippen molar-refractivity contribution in [1.29, 1.82) is 0 Å². The van der Waals surface area contributed by atoms with E-state index in [9.17, 15) is 19.5 Å². The molecule has 0 aliphatic rings. The number of ether oxygens (including phenoxy) is 3. The van der Waals surface area contributed by atoms with E-state index in [1.54, 1.807) is 21.1 Å². The third-order valence-electron chi connectivity index (χ3n) is 8.61. The van der Waals surface area contributed by atoms with E-state index < -0.39 is 18.1 Å². The van der Waals surface area contributed by atoms with Gasteiger partial charge in [-0.1, -0.05) is 132 Å². The maximum absolute atomic E-state index is 12.6. The van der Waals surface area contributed by atoms with E-state index in [0.717, 1.165) is 77.0 Å². The summed E-state index contributed by atoms with van der Waals surface area (Å²) in [6.07, 6.45) is 43.7. The largest absolute Gasteiger partial charge is 0.544 e. The van der Waals surface area contributed by atoms with Gasteiger partial charge in [0, 0.05) is 19.3 Å². The number of carbonyl (C=O) groups is 3. The SMILES string of the molecule is CC/C=C/C/C=C/C/C=C/C/C=C/C/C=C/C/C=C/CCCCCC(=O)OC(COCCC(C(=O)[O-])[N+](C)(C)C)COC(=O)CCCCCCCCC. The van der Waals surface area contributed by atoms with Crippen LogP contribution in [0.2, 0.25) is 0 Å². The average molecular weight is 742 g/mol. The topological polar surface area (TPSA) is 102 Å². The van der Waals surface area contributed by atoms with Crippen molar-refractivity contribution < 1.29 is 38.2 Å². The molecule has 0 aromatic heterocycles. The highest BCUT2D eigenvalue weighted by Gasteiger charge is 2.25. The molecule has 0 bridgehead atoms. The Hall–Kier alpha value is -3.23. The van der Waals surface area contributed by atoms with E-state index in [2.05, 4.69) is 86.8 Å². The van der Waals surface area contributed by atoms with Crippen LogP contribution in [0.1, 0.15) is 142 Å². The van der Waals surface area contributed by atoms with E-state index in [1.165, 1.54) is 25.7 Å². The fourth-order valence-electron chi connectivity index (χ4n) is 5.42. The molecule has 0 rings (SSSR count). The minimum absolute atomic E-state index is 0.0239. The Morgan fingerprint density at radius 3 is 1.57 bits per heavy atom. The van der Waals surface area contributed by atoms with Gasteiger partial charge in [0.2, 0.25) is 0 Å². The minimum Gasteiger partial charge on any atom is -0.544 e. The van der Waals surface area contributed by atoms with Crippen LogP contribution in [0.4, 0.5) is 0 Å². The summed E-state index contributed by atoms with van der Waals surface area (Å²) in [5.41, 5.74) is 0. The predicted molar refractivity (Wildman–Crippen MR) is 217 cm³/mol. The highest BCUT2D eigenvalue weighted by molar-refractivity contribution is 5.70. The van der Waals surface area contributed by atoms with E-state index in [1.807, 2.05) is 0 Å². The third kappa shape index (κ3) is 34.3. The van der Waals surface area contributed by atoms with Gasteiger partial charge in [0.15, 0.2) is 6.10 Å². The zero-order valence-corrected chi connectivity index (χ0v) is 34.2. The number of hydrogen-bond acceptors (Lipinski definition) is 7. The molecule has 2 atom stereocenters. The maximum atomic E-state index is 12.6. The number of quaternary nitrogens is 1. The Labute approximate surface area is 323 Å². The molecule has 0 fully saturated rings. The number of carboxylic acids is 1. The van der Waals surface area contributed by atoms with Crippen molar-refractivity contribution >= 4 is 17.9 Å². The van der Waals surface area contributed by atoms with Gasteiger partial charge in [0.1, 0.15) is 12.6 Å². The molecule has 302 valence electrons. The second kappa shape index (κ2) is 35.8. The summed E-state index contributed by atoms with van der Waals surface area (Å²) in [5.74, 6) is -1.80. The Balaban J connectivity index is 4.37. The standard InChI is InChI=1S/C45H75NO7/c1-6-8-10-12-14-15-16-17-18-19-20-21-22-23-24-25-26-27-28-30-32-34-36-44(48)53-41(39-51-38-37-42(45(49)50)46(3,4)5)40-52-43(47)35-33-31-29-13-11-9-7-2/h8,10,14-15,17-18,20-21,23-24,26-27,41-42H,6-7,9,11-13,16,19,22,25,28-40H2,1-5H3/b10-8+,15-14+,18-17+,21-20+,24-23+,27-26+. The van der Waals surface area contributed by atoms with Crippen LogP contribution in [0.5, 0.6) is 0 Å². The van der Waals surface area contributed by atoms with E-state index >= 15 is 0 Å². The van der Waals surface area contributed by atoms with Gasteiger partial charge in [-0.3, -0.25) is 9.59 Å². The number of hydrogen-bond donors (Lipinski definition) is 0. The number of nitrogens with zero attached hydrogens (tertiary/aromatic N) is 1. The number of likely N-dealkylation sites (N-methyl/N-ethyl adjacent to an activating group) is 1. The zero-order chi connectivity index (χ0) is 39.3. The first-order valence-electron chi connectivity index (χ1n) is 20.5. The summed E-state index contributed by atoms with van der Waals surface area (Å²) in [5, 5.41) is 11.6. The number of esters is 2. The van der Waals surface area contributed by atoms with Gasteiger partial charge in [-0.25, -0.2) is 0 Å². The summed E-state index contributed by atoms with van der Waals surface area (Å²) < 4.78 is 17.0. The molecular weight excluding hydrogens is 666 g/mol. The van der Waals surface area contributed by atoms with Crippen molar-refractivity contribution in [3.05, 3.63) is 72.9 Å². The molecule has 0 aliphatic carbocycles. The number of aliphatic carboxylic acids is 1. The lowest BCUT2D eigenvalue weighted by Gasteiger charge is -2.34. The van der Waals surface area contributed by atoms with Gasteiger partial charge < -0.3 is 28.6 Å². The van der Waals surface area contributed by atoms with Crippen molar-refractivity contribution in [1.82, 2.24) is 0 Å². The number of unbranched alkanes of at least 4 members (excludes halogenated alkanes) is 9. The first-order valence-corrected chi connectivity index (χ1v) is 20.5. The van der Waals surface area contributed by atoms with E-state index in [-0.39, 0.29) is 49.1 Å². The van der Waals surface area contributed by atoms with Crippen molar-refractivity contribution in [2.45, 2.75) is 154 Å². The molecule has 0 aliphatic heterocycles. The Bertz CT molecular complexity index is 1100. The molecule has 0 aromatic rings. The Morgan fingerprint density at radius 2 is 1.06 bits per heavy atom. The first kappa shape index (κ1) is 49.8. The lowest BCUT2D eigenvalue weighted by molar-refractivity contribution is -0.889. The molecule has 8 heteroatoms. The maximum Gasteiger partial charge on any atom is 0.306 e. The molecule has 8 nitrogen and oxygen atoms in total. The predicted octanol–water partition coefficient (Wildman–Crippen LogP) is 9.46. The second-order valence-corrected chi connectivity index (χ2v) is 14.5. The van der Waals surface area contributed by atoms with Crippen LogP contribution in [0.3, 0.4) is 0 Å². The van der Waals surface area contributed by atoms with Crippen LogP contribution < -0.4 is 5.11 Å². The fourth-order valence-corrected chi connectivity index (χ4v) is 5.42. The molecule has 0 spiro atoms. The first-order chi connectivity index (χ1) is 25.6. The molecule has 2 unspecified atom stereocenters. The van der Waals surface area contributed by atoms with Crippen LogP contribution in [0, 0.1) is 0 Å². The fraction of sp³-hybridized carbons (Fsp3) is 0.667. The molecule has 0 amide bonds. The van der Waals surface area contributed by atoms with Crippen molar-refractivity contribution in [3.63, 3.8) is 0 Å². The smallest absolute Gasteiger partial charge is 0.306 e. The second-order valence-electron chi connectivity index (χ2n) is 14.5. The van der Waals surface area contributed by atoms with E-state index in [4.69, 9.17) is 14.2 Å². The summed E-state index contributed by atoms with van der Waals surface area (Å²) in [4.78, 5) is 36.6. The number of carboxylic acid groups (broad SMARTS) is 1. The molecule has 0 radical (unpaired) electrons. The molecule has 0 aromatic carbocycles. The van der Waals surface area contributed by atoms with Crippen LogP contribution >= 0.6 is 0 Å². The van der Waals surface area contributed by atoms with Gasteiger partial charge in [0.05, 0.1) is 40.3 Å². The van der Waals surface area contributed by atoms with Gasteiger partial charge in [0.25, 0.3) is 0 Å². The highest BCUT2D eigenvalue weighted by Crippen LogP contribution is 2.12. The van der Waals surface area contributed by atoms with Crippen molar-refractivity contribution in [2.75, 3.05) is 41.0 Å². The summed E-state index contributed by atoms with van der Waals surface area (Å²) in [7, 11) is 5.37. The zero-order valence-electron chi connectivity index (χ0n) is 34.2. The molecule has 0 heterocycles. The minimum atomic E-state index is -1.14. The van der Waals surface area contributed by atoms with Gasteiger partial charge in [-0.15, -0.1) is 0 Å². The Morgan fingerprint density at radius 1 is 0.585 bits per heavy atom. The molecular formula is C45H75NO7. The molecule has 0 N–H and O–H groups in total. The lowest BCUT2D eigenvalue weighted by Crippen LogP contribution is -2.55. The summed E-state index contributed by atoms with van der Waals surface area (Å²) in [6.45, 7) is 4.44. The molecule has 0 saturated carbocycles. The number of rotatable bonds is 35. The normalized spacial score (nSPS) is 13.8. The summed E-state index contributed by atoms with van der Waals surface area (Å²) >= 11 is 0. The number of carbonyl (C=O) groups excluding carboxylic acids is 3. The van der Waals surface area contributed by atoms with Gasteiger partial charge >= 0.3 is 11.9 Å².